The van der Waals surface area contributed by atoms with Gasteiger partial charge in [-0.05, 0) is 30.7 Å². The van der Waals surface area contributed by atoms with Crippen LogP contribution in [0, 0.1) is 0 Å². The van der Waals surface area contributed by atoms with Crippen LogP contribution in [0.2, 0.25) is 0 Å². The molecule has 0 saturated carbocycles. The quantitative estimate of drug-likeness (QED) is 0.311. The summed E-state index contributed by atoms with van der Waals surface area (Å²) in [5.74, 6) is 0.105. The lowest BCUT2D eigenvalue weighted by Crippen LogP contribution is -2.48. The summed E-state index contributed by atoms with van der Waals surface area (Å²) in [6.45, 7) is 1.14. The van der Waals surface area contributed by atoms with E-state index in [1.54, 1.807) is 18.2 Å². The van der Waals surface area contributed by atoms with Crippen molar-refractivity contribution in [2.75, 3.05) is 31.6 Å². The number of benzene rings is 1. The van der Waals surface area contributed by atoms with E-state index in [0.717, 1.165) is 11.3 Å². The second kappa shape index (κ2) is 10.3. The molecule has 36 heavy (non-hydrogen) atoms. The number of amides is 1. The summed E-state index contributed by atoms with van der Waals surface area (Å²) in [7, 11) is 0. The van der Waals surface area contributed by atoms with Crippen LogP contribution in [-0.2, 0) is 9.63 Å². The number of thiophene rings is 1. The zero-order chi connectivity index (χ0) is 25.4. The maximum Gasteiger partial charge on any atom is 0.446 e. The van der Waals surface area contributed by atoms with Gasteiger partial charge in [0.15, 0.2) is 6.17 Å². The lowest BCUT2D eigenvalue weighted by atomic mass is 10.0. The lowest BCUT2D eigenvalue weighted by Gasteiger charge is -2.35. The number of aliphatic hydroxyl groups is 1. The van der Waals surface area contributed by atoms with Crippen LogP contribution in [0.25, 0.3) is 10.1 Å². The number of fused-ring (bicyclic) bond motifs is 1. The molecule has 4 atom stereocenters. The number of hydroxylamine groups is 1. The molecule has 1 aromatic heterocycles. The summed E-state index contributed by atoms with van der Waals surface area (Å²) in [5, 5.41) is 15.5. The van der Waals surface area contributed by atoms with Crippen molar-refractivity contribution >= 4 is 50.7 Å². The van der Waals surface area contributed by atoms with Crippen LogP contribution in [0.15, 0.2) is 28.1 Å². The minimum absolute atomic E-state index is 0.0160. The standard InChI is InChI=1S/C22H25F4N5O3S2/c23-12-10-31(8-9-32)7-6-13(12)27-14-3-1-2-11-17(14)35-19(18(11)36-22(24,25)26)20-29-21(34-30-20)15-4-5-16(33)28-15/h1-3,12-13,15,20,27,30,32H,4-10H2,(H,28,33). The van der Waals surface area contributed by atoms with Crippen molar-refractivity contribution in [2.24, 2.45) is 4.99 Å². The van der Waals surface area contributed by atoms with Crippen molar-refractivity contribution in [3.05, 3.63) is 23.1 Å². The number of rotatable bonds is 7. The van der Waals surface area contributed by atoms with E-state index in [0.29, 0.717) is 53.0 Å². The van der Waals surface area contributed by atoms with Gasteiger partial charge >= 0.3 is 5.51 Å². The van der Waals surface area contributed by atoms with Crippen LogP contribution in [-0.4, -0.2) is 71.8 Å². The Morgan fingerprint density at radius 2 is 2.17 bits per heavy atom. The molecule has 4 N–H and O–H groups in total. The number of thioether (sulfide) groups is 1. The molecule has 1 amide bonds. The summed E-state index contributed by atoms with van der Waals surface area (Å²) in [6, 6.07) is 4.08. The van der Waals surface area contributed by atoms with E-state index in [1.165, 1.54) is 0 Å². The summed E-state index contributed by atoms with van der Waals surface area (Å²) in [4.78, 5) is 23.6. The Morgan fingerprint density at radius 1 is 1.33 bits per heavy atom. The highest BCUT2D eigenvalue weighted by molar-refractivity contribution is 8.00. The van der Waals surface area contributed by atoms with Crippen LogP contribution < -0.4 is 16.1 Å². The van der Waals surface area contributed by atoms with E-state index < -0.39 is 29.9 Å². The van der Waals surface area contributed by atoms with E-state index in [1.807, 2.05) is 4.90 Å². The molecule has 196 valence electrons. The average Bonchev–Trinajstić information content (AvgIpc) is 3.54. The Kier molecular flexibility index (Phi) is 7.32. The molecule has 5 rings (SSSR count). The highest BCUT2D eigenvalue weighted by Gasteiger charge is 2.38. The SMILES string of the molecule is O=C1CCC(C2=NC(c3sc4c(NC5CCN(CCO)CC5F)cccc4c3SC(F)(F)F)NO2)N1. The number of carbonyl (C=O) groups excluding carboxylic acids is 1. The highest BCUT2D eigenvalue weighted by atomic mass is 32.2. The van der Waals surface area contributed by atoms with Gasteiger partial charge in [-0.15, -0.1) is 16.8 Å². The van der Waals surface area contributed by atoms with E-state index in [-0.39, 0.29) is 41.6 Å². The molecule has 0 spiro atoms. The van der Waals surface area contributed by atoms with Gasteiger partial charge in [-0.25, -0.2) is 9.38 Å². The summed E-state index contributed by atoms with van der Waals surface area (Å²) in [6.07, 6.45) is -0.734. The fraction of sp³-hybridized carbons (Fsp3) is 0.545. The number of likely N-dealkylation sites (tertiary alicyclic amines) is 1. The topological polar surface area (TPSA) is 98.2 Å². The van der Waals surface area contributed by atoms with Gasteiger partial charge in [-0.3, -0.25) is 9.69 Å². The molecular formula is C22H25F4N5O3S2. The molecule has 3 aliphatic rings. The maximum atomic E-state index is 14.9. The van der Waals surface area contributed by atoms with Gasteiger partial charge in [-0.2, -0.15) is 13.2 Å². The van der Waals surface area contributed by atoms with Crippen LogP contribution >= 0.6 is 23.1 Å². The Hall–Kier alpha value is -2.13. The number of aliphatic imine (C=N–C) groups is 1. The maximum absolute atomic E-state index is 14.9. The second-order valence-electron chi connectivity index (χ2n) is 8.85. The number of anilines is 1. The third-order valence-electron chi connectivity index (χ3n) is 6.37. The molecule has 0 radical (unpaired) electrons. The van der Waals surface area contributed by atoms with Gasteiger partial charge in [0, 0.05) is 36.3 Å². The number of aliphatic hydroxyl groups excluding tert-OH is 1. The Bertz CT molecular complexity index is 1160. The molecule has 4 unspecified atom stereocenters. The molecule has 2 aromatic rings. The van der Waals surface area contributed by atoms with Gasteiger partial charge in [0.05, 0.1) is 27.9 Å². The first-order valence-electron chi connectivity index (χ1n) is 11.6. The second-order valence-corrected chi connectivity index (χ2v) is 11.0. The number of alkyl halides is 4. The summed E-state index contributed by atoms with van der Waals surface area (Å²) < 4.78 is 56.1. The van der Waals surface area contributed by atoms with Crippen LogP contribution in [0.5, 0.6) is 0 Å². The third-order valence-corrected chi connectivity index (χ3v) is 8.66. The average molecular weight is 548 g/mol. The van der Waals surface area contributed by atoms with E-state index in [2.05, 4.69) is 21.1 Å². The minimum atomic E-state index is -4.53. The number of nitrogens with one attached hydrogen (secondary N) is 3. The van der Waals surface area contributed by atoms with Crippen LogP contribution in [0.1, 0.15) is 30.3 Å². The number of β-amino-alcohol motifs (C(OH)–C–C–N with tert-alkyl or cyclic N) is 1. The minimum Gasteiger partial charge on any atom is -0.395 e. The first kappa shape index (κ1) is 25.5. The fourth-order valence-corrected chi connectivity index (χ4v) is 6.86. The summed E-state index contributed by atoms with van der Waals surface area (Å²) >= 11 is 0.935. The molecule has 8 nitrogen and oxygen atoms in total. The smallest absolute Gasteiger partial charge is 0.395 e. The molecule has 14 heteroatoms. The molecule has 4 heterocycles. The first-order chi connectivity index (χ1) is 17.2. The molecule has 0 aliphatic carbocycles. The molecule has 3 aliphatic heterocycles. The van der Waals surface area contributed by atoms with Gasteiger partial charge < -0.3 is 20.6 Å². The fourth-order valence-electron chi connectivity index (χ4n) is 4.67. The first-order valence-corrected chi connectivity index (χ1v) is 13.2. The van der Waals surface area contributed by atoms with Crippen molar-refractivity contribution in [3.8, 4) is 0 Å². The van der Waals surface area contributed by atoms with E-state index in [4.69, 9.17) is 9.94 Å². The number of hydrogen-bond donors (Lipinski definition) is 4. The Morgan fingerprint density at radius 3 is 2.86 bits per heavy atom. The van der Waals surface area contributed by atoms with Crippen molar-refractivity contribution < 1.29 is 32.3 Å². The van der Waals surface area contributed by atoms with Gasteiger partial charge in [0.25, 0.3) is 0 Å². The largest absolute Gasteiger partial charge is 0.446 e. The molecular weight excluding hydrogens is 522 g/mol. The Balaban J connectivity index is 1.45. The van der Waals surface area contributed by atoms with Crippen molar-refractivity contribution in [1.82, 2.24) is 15.7 Å². The molecule has 0 bridgehead atoms. The third kappa shape index (κ3) is 5.42. The number of halogens is 4. The normalized spacial score (nSPS) is 27.2. The van der Waals surface area contributed by atoms with Crippen LogP contribution in [0.4, 0.5) is 23.2 Å². The highest BCUT2D eigenvalue weighted by Crippen LogP contribution is 2.50. The zero-order valence-corrected chi connectivity index (χ0v) is 20.6. The Labute approximate surface area is 212 Å². The molecule has 2 fully saturated rings. The van der Waals surface area contributed by atoms with Crippen LogP contribution in [0.3, 0.4) is 0 Å². The lowest BCUT2D eigenvalue weighted by molar-refractivity contribution is -0.119. The van der Waals surface area contributed by atoms with Crippen molar-refractivity contribution in [2.45, 2.75) is 54.1 Å². The summed E-state index contributed by atoms with van der Waals surface area (Å²) in [5.41, 5.74) is -1.27. The van der Waals surface area contributed by atoms with Crippen molar-refractivity contribution in [1.29, 1.82) is 0 Å². The van der Waals surface area contributed by atoms with Crippen molar-refractivity contribution in [3.63, 3.8) is 0 Å². The van der Waals surface area contributed by atoms with Gasteiger partial charge in [0.2, 0.25) is 11.8 Å². The van der Waals surface area contributed by atoms with Gasteiger partial charge in [-0.1, -0.05) is 12.1 Å². The number of carbonyl (C=O) groups is 1. The number of hydrogen-bond acceptors (Lipinski definition) is 9. The predicted octanol–water partition coefficient (Wildman–Crippen LogP) is 3.54. The van der Waals surface area contributed by atoms with E-state index in [9.17, 15) is 22.4 Å². The zero-order valence-electron chi connectivity index (χ0n) is 19.0. The monoisotopic (exact) mass is 547 g/mol. The van der Waals surface area contributed by atoms with Gasteiger partial charge in [0.1, 0.15) is 12.2 Å². The molecule has 1 aromatic carbocycles. The number of nitrogens with zero attached hydrogens (tertiary/aromatic N) is 2. The molecule has 2 saturated heterocycles. The van der Waals surface area contributed by atoms with E-state index >= 15 is 0 Å². The number of piperidine rings is 1. The predicted molar refractivity (Wildman–Crippen MR) is 130 cm³/mol.